The van der Waals surface area contributed by atoms with E-state index in [4.69, 9.17) is 23.2 Å². The maximum atomic E-state index is 10.2. The fourth-order valence-electron chi connectivity index (χ4n) is 5.40. The van der Waals surface area contributed by atoms with E-state index in [2.05, 4.69) is 45.4 Å². The van der Waals surface area contributed by atoms with E-state index in [9.17, 15) is 5.11 Å². The lowest BCUT2D eigenvalue weighted by Crippen LogP contribution is -2.40. The Morgan fingerprint density at radius 2 is 1.58 bits per heavy atom. The molecule has 2 heterocycles. The topological polar surface area (TPSA) is 70.9 Å². The van der Waals surface area contributed by atoms with Gasteiger partial charge in [0.15, 0.2) is 5.82 Å². The highest BCUT2D eigenvalue weighted by molar-refractivity contribution is 6.34. The quantitative estimate of drug-likeness (QED) is 0.274. The van der Waals surface area contributed by atoms with Crippen molar-refractivity contribution in [3.63, 3.8) is 0 Å². The summed E-state index contributed by atoms with van der Waals surface area (Å²) >= 11 is 12.9. The van der Waals surface area contributed by atoms with Crippen molar-refractivity contribution in [1.82, 2.24) is 15.0 Å². The second-order valence-electron chi connectivity index (χ2n) is 10.3. The molecule has 2 aromatic heterocycles. The predicted octanol–water partition coefficient (Wildman–Crippen LogP) is 7.54. The van der Waals surface area contributed by atoms with E-state index in [1.165, 1.54) is 18.4 Å². The molecule has 7 heteroatoms. The molecule has 5 rings (SSSR count). The monoisotopic (exact) mass is 520 g/mol. The Bertz CT molecular complexity index is 1380. The van der Waals surface area contributed by atoms with Gasteiger partial charge >= 0.3 is 0 Å². The summed E-state index contributed by atoms with van der Waals surface area (Å²) in [6, 6.07) is 14.5. The summed E-state index contributed by atoms with van der Waals surface area (Å²) < 4.78 is 0. The first kappa shape index (κ1) is 24.9. The van der Waals surface area contributed by atoms with E-state index in [0.29, 0.717) is 10.8 Å². The largest absolute Gasteiger partial charge is 0.382 e. The molecule has 5 nitrogen and oxygen atoms in total. The van der Waals surface area contributed by atoms with Crippen LogP contribution in [0.3, 0.4) is 0 Å². The molecule has 36 heavy (non-hydrogen) atoms. The lowest BCUT2D eigenvalue weighted by molar-refractivity contribution is 0.0687. The maximum absolute atomic E-state index is 10.2. The van der Waals surface area contributed by atoms with Gasteiger partial charge in [-0.2, -0.15) is 0 Å². The second-order valence-corrected chi connectivity index (χ2v) is 11.1. The van der Waals surface area contributed by atoms with Gasteiger partial charge in [0, 0.05) is 46.0 Å². The van der Waals surface area contributed by atoms with Crippen LogP contribution in [0.4, 0.5) is 5.69 Å². The number of pyridine rings is 1. The number of benzene rings is 2. The van der Waals surface area contributed by atoms with Crippen molar-refractivity contribution in [2.45, 2.75) is 63.5 Å². The lowest BCUT2D eigenvalue weighted by Gasteiger charge is -2.37. The number of aromatic nitrogens is 3. The molecule has 0 aliphatic heterocycles. The summed E-state index contributed by atoms with van der Waals surface area (Å²) in [5, 5.41) is 16.3. The number of aliphatic hydroxyl groups is 1. The third-order valence-corrected chi connectivity index (χ3v) is 8.00. The van der Waals surface area contributed by atoms with Gasteiger partial charge in [-0.05, 0) is 69.0 Å². The molecule has 0 bridgehead atoms. The van der Waals surface area contributed by atoms with E-state index in [1.807, 2.05) is 24.3 Å². The first-order valence-electron chi connectivity index (χ1n) is 12.3. The van der Waals surface area contributed by atoms with E-state index >= 15 is 0 Å². The van der Waals surface area contributed by atoms with Crippen LogP contribution in [0, 0.1) is 0 Å². The van der Waals surface area contributed by atoms with Gasteiger partial charge in [-0.3, -0.25) is 4.98 Å². The molecule has 1 aliphatic rings. The number of hydrogen-bond donors (Lipinski definition) is 2. The van der Waals surface area contributed by atoms with Gasteiger partial charge in [0.05, 0.1) is 16.2 Å². The SMILES string of the molecule is CC(Nc1c(Cl)cnc2ccc(-c3cnc(C(C)(C)O)nc3)cc12)C1(c2ccc(Cl)cc2)CCCC1. The first-order chi connectivity index (χ1) is 17.2. The number of fused-ring (bicyclic) bond motifs is 1. The summed E-state index contributed by atoms with van der Waals surface area (Å²) in [6.45, 7) is 5.59. The molecule has 1 atom stereocenters. The highest BCUT2D eigenvalue weighted by atomic mass is 35.5. The molecule has 0 amide bonds. The Morgan fingerprint density at radius 3 is 2.22 bits per heavy atom. The van der Waals surface area contributed by atoms with Crippen LogP contribution < -0.4 is 5.32 Å². The van der Waals surface area contributed by atoms with Crippen molar-refractivity contribution in [1.29, 1.82) is 0 Å². The molecule has 1 saturated carbocycles. The van der Waals surface area contributed by atoms with Gasteiger partial charge in [0.1, 0.15) is 5.60 Å². The highest BCUT2D eigenvalue weighted by Gasteiger charge is 2.41. The third-order valence-electron chi connectivity index (χ3n) is 7.46. The Morgan fingerprint density at radius 1 is 0.917 bits per heavy atom. The molecule has 0 radical (unpaired) electrons. The third kappa shape index (κ3) is 4.68. The molecule has 2 N–H and O–H groups in total. The minimum Gasteiger partial charge on any atom is -0.382 e. The second kappa shape index (κ2) is 9.62. The summed E-state index contributed by atoms with van der Waals surface area (Å²) in [7, 11) is 0. The molecule has 186 valence electrons. The number of hydrogen-bond acceptors (Lipinski definition) is 5. The molecular formula is C29H30Cl2N4O. The zero-order valence-corrected chi connectivity index (χ0v) is 22.2. The summed E-state index contributed by atoms with van der Waals surface area (Å²) in [5.41, 5.74) is 3.78. The van der Waals surface area contributed by atoms with Crippen molar-refractivity contribution in [3.05, 3.63) is 82.5 Å². The van der Waals surface area contributed by atoms with Crippen LogP contribution in [-0.4, -0.2) is 26.1 Å². The van der Waals surface area contributed by atoms with Gasteiger partial charge in [0.25, 0.3) is 0 Å². The van der Waals surface area contributed by atoms with Crippen LogP contribution in [-0.2, 0) is 11.0 Å². The van der Waals surface area contributed by atoms with Crippen molar-refractivity contribution in [3.8, 4) is 11.1 Å². The number of anilines is 1. The van der Waals surface area contributed by atoms with Gasteiger partial charge < -0.3 is 10.4 Å². The van der Waals surface area contributed by atoms with Crippen LogP contribution in [0.5, 0.6) is 0 Å². The average Bonchev–Trinajstić information content (AvgIpc) is 3.37. The summed E-state index contributed by atoms with van der Waals surface area (Å²) in [6.07, 6.45) is 9.81. The van der Waals surface area contributed by atoms with Crippen LogP contribution >= 0.6 is 23.2 Å². The molecule has 0 saturated heterocycles. The average molecular weight is 521 g/mol. The zero-order valence-electron chi connectivity index (χ0n) is 20.7. The molecule has 1 unspecified atom stereocenters. The predicted molar refractivity (Wildman–Crippen MR) is 148 cm³/mol. The Kier molecular flexibility index (Phi) is 6.67. The molecular weight excluding hydrogens is 491 g/mol. The van der Waals surface area contributed by atoms with Crippen molar-refractivity contribution >= 4 is 39.8 Å². The minimum absolute atomic E-state index is 0.00188. The van der Waals surface area contributed by atoms with Gasteiger partial charge in [0.2, 0.25) is 0 Å². The fraction of sp³-hybridized carbons (Fsp3) is 0.345. The Hall–Kier alpha value is -2.73. The van der Waals surface area contributed by atoms with E-state index in [0.717, 1.165) is 45.6 Å². The zero-order chi connectivity index (χ0) is 25.5. The smallest absolute Gasteiger partial charge is 0.159 e. The Labute approximate surface area is 221 Å². The molecule has 4 aromatic rings. The minimum atomic E-state index is -1.09. The standard InChI is InChI=1S/C29H30Cl2N4O/c1-18(29(12-4-5-13-29)21-7-9-22(30)10-8-21)35-26-23-14-19(6-11-25(23)32-17-24(26)31)20-15-33-27(34-16-20)28(2,3)36/h6-11,14-18,36H,4-5,12-13H2,1-3H3,(H,32,35). The summed E-state index contributed by atoms with van der Waals surface area (Å²) in [4.78, 5) is 13.3. The fourth-order valence-corrected chi connectivity index (χ4v) is 5.73. The van der Waals surface area contributed by atoms with Crippen molar-refractivity contribution in [2.24, 2.45) is 0 Å². The van der Waals surface area contributed by atoms with Crippen LogP contribution in [0.1, 0.15) is 57.8 Å². The number of halogens is 2. The van der Waals surface area contributed by atoms with Crippen molar-refractivity contribution in [2.75, 3.05) is 5.32 Å². The van der Waals surface area contributed by atoms with E-state index < -0.39 is 5.60 Å². The number of nitrogens with zero attached hydrogens (tertiary/aromatic N) is 3. The number of nitrogens with one attached hydrogen (secondary N) is 1. The van der Waals surface area contributed by atoms with Gasteiger partial charge in [-0.1, -0.05) is 54.2 Å². The van der Waals surface area contributed by atoms with E-state index in [-0.39, 0.29) is 11.5 Å². The Balaban J connectivity index is 1.53. The van der Waals surface area contributed by atoms with Gasteiger partial charge in [-0.15, -0.1) is 0 Å². The summed E-state index contributed by atoms with van der Waals surface area (Å²) in [5.74, 6) is 0.386. The highest BCUT2D eigenvalue weighted by Crippen LogP contribution is 2.46. The van der Waals surface area contributed by atoms with Crippen LogP contribution in [0.25, 0.3) is 22.0 Å². The van der Waals surface area contributed by atoms with Crippen LogP contribution in [0.15, 0.2) is 61.1 Å². The molecule has 1 aliphatic carbocycles. The molecule has 2 aromatic carbocycles. The van der Waals surface area contributed by atoms with Crippen LogP contribution in [0.2, 0.25) is 10.0 Å². The van der Waals surface area contributed by atoms with Crippen molar-refractivity contribution < 1.29 is 5.11 Å². The maximum Gasteiger partial charge on any atom is 0.159 e. The lowest BCUT2D eigenvalue weighted by atomic mass is 9.73. The molecule has 1 fully saturated rings. The first-order valence-corrected chi connectivity index (χ1v) is 13.1. The number of rotatable bonds is 6. The van der Waals surface area contributed by atoms with E-state index in [1.54, 1.807) is 32.4 Å². The molecule has 0 spiro atoms. The normalized spacial score (nSPS) is 16.3. The van der Waals surface area contributed by atoms with Gasteiger partial charge in [-0.25, -0.2) is 9.97 Å².